The molecule has 3 aromatic rings. The second-order valence-corrected chi connectivity index (χ2v) is 8.70. The van der Waals surface area contributed by atoms with Crippen LogP contribution in [0.25, 0.3) is 22.2 Å². The zero-order valence-corrected chi connectivity index (χ0v) is 17.6. The SMILES string of the molecule is Cc1cc(-c2ccc3[nH]c(C)cc3c2)nc(C(C)(C)C)n1.OCC1CCCN1. The van der Waals surface area contributed by atoms with E-state index in [4.69, 9.17) is 10.1 Å². The molecule has 0 amide bonds. The molecule has 1 unspecified atom stereocenters. The number of nitrogens with one attached hydrogen (secondary N) is 2. The summed E-state index contributed by atoms with van der Waals surface area (Å²) in [5.74, 6) is 0.892. The van der Waals surface area contributed by atoms with Crippen LogP contribution in [0.1, 0.15) is 50.8 Å². The van der Waals surface area contributed by atoms with Gasteiger partial charge in [-0.25, -0.2) is 9.97 Å². The summed E-state index contributed by atoms with van der Waals surface area (Å²) in [5.41, 5.74) is 5.44. The number of aliphatic hydroxyl groups excluding tert-OH is 1. The maximum absolute atomic E-state index is 8.50. The highest BCUT2D eigenvalue weighted by Crippen LogP contribution is 2.26. The summed E-state index contributed by atoms with van der Waals surface area (Å²) in [4.78, 5) is 12.7. The molecule has 0 spiro atoms. The van der Waals surface area contributed by atoms with Gasteiger partial charge in [-0.3, -0.25) is 0 Å². The number of rotatable bonds is 2. The van der Waals surface area contributed by atoms with Crippen molar-refractivity contribution in [2.45, 2.75) is 58.9 Å². The van der Waals surface area contributed by atoms with E-state index >= 15 is 0 Å². The molecule has 1 fully saturated rings. The molecule has 1 aliphatic heterocycles. The standard InChI is InChI=1S/C18H21N3.C5H11NO/c1-11-8-14-10-13(6-7-15(14)19-11)16-9-12(2)20-17(21-16)18(3,4)5;7-4-5-2-1-3-6-5/h6-10,19H,1-5H3;5-7H,1-4H2. The van der Waals surface area contributed by atoms with Crippen molar-refractivity contribution in [2.24, 2.45) is 0 Å². The van der Waals surface area contributed by atoms with Gasteiger partial charge in [-0.15, -0.1) is 0 Å². The lowest BCUT2D eigenvalue weighted by Gasteiger charge is -2.18. The zero-order chi connectivity index (χ0) is 20.3. The molecular weight excluding hydrogens is 348 g/mol. The molecule has 0 saturated carbocycles. The van der Waals surface area contributed by atoms with Gasteiger partial charge in [0.1, 0.15) is 5.82 Å². The van der Waals surface area contributed by atoms with Crippen LogP contribution >= 0.6 is 0 Å². The molecule has 28 heavy (non-hydrogen) atoms. The number of hydrogen-bond acceptors (Lipinski definition) is 4. The predicted molar refractivity (Wildman–Crippen MR) is 116 cm³/mol. The molecule has 1 aliphatic rings. The Hall–Kier alpha value is -2.24. The summed E-state index contributed by atoms with van der Waals surface area (Å²) in [6, 6.07) is 11.0. The third-order valence-electron chi connectivity index (χ3n) is 4.96. The van der Waals surface area contributed by atoms with E-state index in [1.54, 1.807) is 0 Å². The lowest BCUT2D eigenvalue weighted by Crippen LogP contribution is -2.24. The number of aliphatic hydroxyl groups is 1. The van der Waals surface area contributed by atoms with Crippen LogP contribution in [0, 0.1) is 13.8 Å². The lowest BCUT2D eigenvalue weighted by molar-refractivity contribution is 0.255. The number of aromatic nitrogens is 3. The van der Waals surface area contributed by atoms with Crippen molar-refractivity contribution in [3.63, 3.8) is 0 Å². The number of fused-ring (bicyclic) bond motifs is 1. The Balaban J connectivity index is 0.000000271. The fourth-order valence-corrected chi connectivity index (χ4v) is 3.40. The van der Waals surface area contributed by atoms with Crippen LogP contribution in [-0.4, -0.2) is 39.3 Å². The van der Waals surface area contributed by atoms with Crippen molar-refractivity contribution < 1.29 is 5.11 Å². The Morgan fingerprint density at radius 1 is 1.11 bits per heavy atom. The number of hydrogen-bond donors (Lipinski definition) is 3. The number of H-pyrrole nitrogens is 1. The molecule has 5 nitrogen and oxygen atoms in total. The Bertz CT molecular complexity index is 933. The fraction of sp³-hybridized carbons (Fsp3) is 0.478. The maximum atomic E-state index is 8.50. The van der Waals surface area contributed by atoms with E-state index in [0.29, 0.717) is 12.6 Å². The van der Waals surface area contributed by atoms with E-state index in [9.17, 15) is 0 Å². The van der Waals surface area contributed by atoms with Gasteiger partial charge in [0.05, 0.1) is 12.3 Å². The molecule has 1 saturated heterocycles. The first-order chi connectivity index (χ1) is 13.3. The van der Waals surface area contributed by atoms with Crippen LogP contribution < -0.4 is 5.32 Å². The molecule has 0 aliphatic carbocycles. The minimum absolute atomic E-state index is 0.0461. The quantitative estimate of drug-likeness (QED) is 0.621. The highest BCUT2D eigenvalue weighted by Gasteiger charge is 2.19. The van der Waals surface area contributed by atoms with E-state index < -0.39 is 0 Å². The summed E-state index contributed by atoms with van der Waals surface area (Å²) in [5, 5.41) is 12.9. The number of aromatic amines is 1. The summed E-state index contributed by atoms with van der Waals surface area (Å²) < 4.78 is 0. The monoisotopic (exact) mass is 380 g/mol. The Morgan fingerprint density at radius 2 is 1.89 bits per heavy atom. The van der Waals surface area contributed by atoms with Gasteiger partial charge in [0.15, 0.2) is 0 Å². The van der Waals surface area contributed by atoms with Crippen molar-refractivity contribution in [3.8, 4) is 11.3 Å². The van der Waals surface area contributed by atoms with Crippen molar-refractivity contribution >= 4 is 10.9 Å². The Labute approximate surface area is 167 Å². The second-order valence-electron chi connectivity index (χ2n) is 8.70. The van der Waals surface area contributed by atoms with Crippen LogP contribution in [0.4, 0.5) is 0 Å². The van der Waals surface area contributed by atoms with E-state index in [0.717, 1.165) is 41.3 Å². The molecule has 3 N–H and O–H groups in total. The van der Waals surface area contributed by atoms with Crippen LogP contribution in [-0.2, 0) is 5.41 Å². The first kappa shape index (κ1) is 20.5. The van der Waals surface area contributed by atoms with E-state index in [1.165, 1.54) is 17.5 Å². The van der Waals surface area contributed by atoms with Crippen LogP contribution in [0.2, 0.25) is 0 Å². The molecule has 1 aromatic carbocycles. The van der Waals surface area contributed by atoms with E-state index in [2.05, 4.69) is 73.3 Å². The van der Waals surface area contributed by atoms with Gasteiger partial charge in [0, 0.05) is 39.3 Å². The summed E-state index contributed by atoms with van der Waals surface area (Å²) in [7, 11) is 0. The first-order valence-corrected chi connectivity index (χ1v) is 10.1. The second kappa shape index (κ2) is 8.41. The maximum Gasteiger partial charge on any atom is 0.134 e. The van der Waals surface area contributed by atoms with E-state index in [-0.39, 0.29) is 5.41 Å². The van der Waals surface area contributed by atoms with Crippen LogP contribution in [0.3, 0.4) is 0 Å². The summed E-state index contributed by atoms with van der Waals surface area (Å²) in [6.45, 7) is 11.9. The smallest absolute Gasteiger partial charge is 0.134 e. The zero-order valence-electron chi connectivity index (χ0n) is 17.6. The topological polar surface area (TPSA) is 73.8 Å². The minimum atomic E-state index is -0.0461. The molecule has 0 radical (unpaired) electrons. The number of nitrogens with zero attached hydrogens (tertiary/aromatic N) is 2. The lowest BCUT2D eigenvalue weighted by atomic mass is 9.95. The molecule has 2 aromatic heterocycles. The minimum Gasteiger partial charge on any atom is -0.395 e. The van der Waals surface area contributed by atoms with Gasteiger partial charge in [-0.2, -0.15) is 0 Å². The highest BCUT2D eigenvalue weighted by atomic mass is 16.3. The molecule has 4 rings (SSSR count). The number of benzene rings is 1. The van der Waals surface area contributed by atoms with Crippen LogP contribution in [0.5, 0.6) is 0 Å². The first-order valence-electron chi connectivity index (χ1n) is 10.1. The highest BCUT2D eigenvalue weighted by molar-refractivity contribution is 5.85. The average Bonchev–Trinajstić information content (AvgIpc) is 3.28. The molecule has 3 heterocycles. The molecule has 5 heteroatoms. The fourth-order valence-electron chi connectivity index (χ4n) is 3.40. The van der Waals surface area contributed by atoms with Gasteiger partial charge in [0.25, 0.3) is 0 Å². The third-order valence-corrected chi connectivity index (χ3v) is 4.96. The molecular formula is C23H32N4O. The van der Waals surface area contributed by atoms with Crippen molar-refractivity contribution in [1.29, 1.82) is 0 Å². The van der Waals surface area contributed by atoms with E-state index in [1.807, 2.05) is 6.92 Å². The van der Waals surface area contributed by atoms with Gasteiger partial charge in [0.2, 0.25) is 0 Å². The summed E-state index contributed by atoms with van der Waals surface area (Å²) >= 11 is 0. The van der Waals surface area contributed by atoms with Gasteiger partial charge in [-0.05, 0) is 57.5 Å². The van der Waals surface area contributed by atoms with Crippen molar-refractivity contribution in [1.82, 2.24) is 20.3 Å². The average molecular weight is 381 g/mol. The Kier molecular flexibility index (Phi) is 6.16. The molecule has 1 atom stereocenters. The van der Waals surface area contributed by atoms with Crippen LogP contribution in [0.15, 0.2) is 30.3 Å². The largest absolute Gasteiger partial charge is 0.395 e. The predicted octanol–water partition coefficient (Wildman–Crippen LogP) is 4.27. The third kappa shape index (κ3) is 4.97. The number of aryl methyl sites for hydroxylation is 2. The van der Waals surface area contributed by atoms with Crippen molar-refractivity contribution in [3.05, 3.63) is 47.5 Å². The summed E-state index contributed by atoms with van der Waals surface area (Å²) in [6.07, 6.45) is 2.38. The normalized spacial score (nSPS) is 16.9. The van der Waals surface area contributed by atoms with Crippen molar-refractivity contribution in [2.75, 3.05) is 13.2 Å². The Morgan fingerprint density at radius 3 is 2.50 bits per heavy atom. The molecule has 0 bridgehead atoms. The molecule has 150 valence electrons. The van der Waals surface area contributed by atoms with Gasteiger partial charge in [-0.1, -0.05) is 26.8 Å². The van der Waals surface area contributed by atoms with Gasteiger partial charge >= 0.3 is 0 Å². The van der Waals surface area contributed by atoms with Gasteiger partial charge < -0.3 is 15.4 Å².